The summed E-state index contributed by atoms with van der Waals surface area (Å²) in [4.78, 5) is 4.13. The van der Waals surface area contributed by atoms with Crippen LogP contribution in [0.2, 0.25) is 0 Å². The summed E-state index contributed by atoms with van der Waals surface area (Å²) in [7, 11) is 8.05. The molecule has 0 spiro atoms. The Morgan fingerprint density at radius 2 is 1.40 bits per heavy atom. The van der Waals surface area contributed by atoms with Crippen LogP contribution in [0.4, 0.5) is 0 Å². The van der Waals surface area contributed by atoms with E-state index in [1.54, 1.807) is 0 Å². The first-order valence-corrected chi connectivity index (χ1v) is 3.55. The summed E-state index contributed by atoms with van der Waals surface area (Å²) < 4.78 is 0. The molecule has 0 aromatic rings. The van der Waals surface area contributed by atoms with E-state index in [-0.39, 0.29) is 6.17 Å². The average Bonchev–Trinajstić information content (AvgIpc) is 1.84. The van der Waals surface area contributed by atoms with E-state index >= 15 is 0 Å². The molecule has 0 amide bonds. The van der Waals surface area contributed by atoms with Gasteiger partial charge in [-0.25, -0.2) is 0 Å². The summed E-state index contributed by atoms with van der Waals surface area (Å²) >= 11 is 0. The lowest BCUT2D eigenvalue weighted by atomic mass is 10.2. The van der Waals surface area contributed by atoms with E-state index in [2.05, 4.69) is 11.8 Å². The molecule has 2 N–H and O–H groups in total. The summed E-state index contributed by atoms with van der Waals surface area (Å²) in [6.07, 6.45) is 0.120. The van der Waals surface area contributed by atoms with Crippen molar-refractivity contribution < 1.29 is 0 Å². The van der Waals surface area contributed by atoms with Gasteiger partial charge >= 0.3 is 0 Å². The van der Waals surface area contributed by atoms with E-state index < -0.39 is 0 Å². The smallest absolute Gasteiger partial charge is 0.0724 e. The van der Waals surface area contributed by atoms with Gasteiger partial charge in [0.2, 0.25) is 0 Å². The Balaban J connectivity index is 3.81. The van der Waals surface area contributed by atoms with Crippen molar-refractivity contribution in [2.75, 3.05) is 28.2 Å². The topological polar surface area (TPSA) is 32.5 Å². The van der Waals surface area contributed by atoms with Crippen molar-refractivity contribution in [2.45, 2.75) is 19.1 Å². The second-order valence-electron chi connectivity index (χ2n) is 3.16. The molecule has 2 atom stereocenters. The molecule has 0 aliphatic carbocycles. The SMILES string of the molecule is CC(C(N)N(C)C)N(C)C. The fraction of sp³-hybridized carbons (Fsp3) is 1.00. The molecule has 0 saturated heterocycles. The molecule has 3 nitrogen and oxygen atoms in total. The lowest BCUT2D eigenvalue weighted by Gasteiger charge is -2.30. The first-order valence-electron chi connectivity index (χ1n) is 3.55. The highest BCUT2D eigenvalue weighted by Crippen LogP contribution is 1.98. The normalized spacial score (nSPS) is 18.0. The van der Waals surface area contributed by atoms with Gasteiger partial charge in [-0.05, 0) is 35.1 Å². The van der Waals surface area contributed by atoms with Crippen LogP contribution in [-0.2, 0) is 0 Å². The van der Waals surface area contributed by atoms with E-state index in [1.807, 2.05) is 33.1 Å². The number of hydrogen-bond donors (Lipinski definition) is 1. The average molecular weight is 145 g/mol. The second kappa shape index (κ2) is 3.91. The summed E-state index contributed by atoms with van der Waals surface area (Å²) in [6.45, 7) is 2.12. The van der Waals surface area contributed by atoms with Crippen LogP contribution in [-0.4, -0.2) is 50.2 Å². The maximum absolute atomic E-state index is 5.85. The quantitative estimate of drug-likeness (QED) is 0.557. The van der Waals surface area contributed by atoms with Gasteiger partial charge in [0.05, 0.1) is 6.17 Å². The molecule has 0 heterocycles. The standard InChI is InChI=1S/C7H19N3/c1-6(9(2)3)7(8)10(4)5/h6-7H,8H2,1-5H3. The Kier molecular flexibility index (Phi) is 3.86. The minimum Gasteiger partial charge on any atom is -0.314 e. The summed E-state index contributed by atoms with van der Waals surface area (Å²) in [5.41, 5.74) is 5.85. The second-order valence-corrected chi connectivity index (χ2v) is 3.16. The van der Waals surface area contributed by atoms with E-state index in [1.165, 1.54) is 0 Å². The van der Waals surface area contributed by atoms with Crippen LogP contribution in [0, 0.1) is 0 Å². The van der Waals surface area contributed by atoms with E-state index in [4.69, 9.17) is 5.73 Å². The molecule has 0 rings (SSSR count). The van der Waals surface area contributed by atoms with Crippen LogP contribution < -0.4 is 5.73 Å². The number of nitrogens with two attached hydrogens (primary N) is 1. The molecule has 10 heavy (non-hydrogen) atoms. The Bertz CT molecular complexity index is 78.9. The first-order chi connectivity index (χ1) is 4.46. The maximum atomic E-state index is 5.85. The third-order valence-corrected chi connectivity index (χ3v) is 1.91. The first kappa shape index (κ1) is 9.88. The van der Waals surface area contributed by atoms with Gasteiger partial charge in [0.15, 0.2) is 0 Å². The van der Waals surface area contributed by atoms with Crippen LogP contribution in [0.5, 0.6) is 0 Å². The van der Waals surface area contributed by atoms with Gasteiger partial charge in [-0.15, -0.1) is 0 Å². The van der Waals surface area contributed by atoms with Crippen LogP contribution in [0.1, 0.15) is 6.92 Å². The zero-order valence-electron chi connectivity index (χ0n) is 7.63. The van der Waals surface area contributed by atoms with Crippen molar-refractivity contribution in [1.82, 2.24) is 9.80 Å². The fourth-order valence-electron chi connectivity index (χ4n) is 0.737. The van der Waals surface area contributed by atoms with Gasteiger partial charge in [0.25, 0.3) is 0 Å². The van der Waals surface area contributed by atoms with Gasteiger partial charge in [0, 0.05) is 6.04 Å². The Morgan fingerprint density at radius 3 is 1.50 bits per heavy atom. The van der Waals surface area contributed by atoms with Gasteiger partial charge in [-0.1, -0.05) is 0 Å². The van der Waals surface area contributed by atoms with Crippen molar-refractivity contribution in [3.05, 3.63) is 0 Å². The highest BCUT2D eigenvalue weighted by atomic mass is 15.2. The molecule has 0 bridgehead atoms. The summed E-state index contributed by atoms with van der Waals surface area (Å²) in [5.74, 6) is 0. The zero-order valence-corrected chi connectivity index (χ0v) is 7.63. The molecule has 62 valence electrons. The monoisotopic (exact) mass is 145 g/mol. The van der Waals surface area contributed by atoms with Crippen LogP contribution >= 0.6 is 0 Å². The molecule has 0 aliphatic heterocycles. The molecular formula is C7H19N3. The van der Waals surface area contributed by atoms with E-state index in [0.29, 0.717) is 6.04 Å². The van der Waals surface area contributed by atoms with Crippen molar-refractivity contribution in [3.8, 4) is 0 Å². The zero-order chi connectivity index (χ0) is 8.31. The molecule has 0 radical (unpaired) electrons. The van der Waals surface area contributed by atoms with Gasteiger partial charge < -0.3 is 10.6 Å². The van der Waals surface area contributed by atoms with E-state index in [0.717, 1.165) is 0 Å². The van der Waals surface area contributed by atoms with E-state index in [9.17, 15) is 0 Å². The predicted molar refractivity (Wildman–Crippen MR) is 44.8 cm³/mol. The van der Waals surface area contributed by atoms with Crippen LogP contribution in [0.3, 0.4) is 0 Å². The number of hydrogen-bond acceptors (Lipinski definition) is 3. The molecule has 0 saturated carbocycles. The Morgan fingerprint density at radius 1 is 1.00 bits per heavy atom. The minimum absolute atomic E-state index is 0.120. The summed E-state index contributed by atoms with van der Waals surface area (Å²) in [6, 6.07) is 0.398. The van der Waals surface area contributed by atoms with Crippen molar-refractivity contribution >= 4 is 0 Å². The highest BCUT2D eigenvalue weighted by molar-refractivity contribution is 4.71. The van der Waals surface area contributed by atoms with Gasteiger partial charge in [0.1, 0.15) is 0 Å². The van der Waals surface area contributed by atoms with Crippen LogP contribution in [0.25, 0.3) is 0 Å². The number of likely N-dealkylation sites (N-methyl/N-ethyl adjacent to an activating group) is 2. The maximum Gasteiger partial charge on any atom is 0.0724 e. The molecule has 0 aromatic carbocycles. The van der Waals surface area contributed by atoms with Crippen molar-refractivity contribution in [3.63, 3.8) is 0 Å². The van der Waals surface area contributed by atoms with Crippen molar-refractivity contribution in [1.29, 1.82) is 0 Å². The van der Waals surface area contributed by atoms with Crippen molar-refractivity contribution in [2.24, 2.45) is 5.73 Å². The molecule has 0 fully saturated rings. The fourth-order valence-corrected chi connectivity index (χ4v) is 0.737. The Labute approximate surface area is 63.8 Å². The van der Waals surface area contributed by atoms with Gasteiger partial charge in [-0.2, -0.15) is 0 Å². The summed E-state index contributed by atoms with van der Waals surface area (Å²) in [5, 5.41) is 0. The largest absolute Gasteiger partial charge is 0.314 e. The highest BCUT2D eigenvalue weighted by Gasteiger charge is 2.15. The lowest BCUT2D eigenvalue weighted by Crippen LogP contribution is -2.50. The van der Waals surface area contributed by atoms with Gasteiger partial charge in [-0.3, -0.25) is 4.90 Å². The predicted octanol–water partition coefficient (Wildman–Crippen LogP) is -0.217. The number of rotatable bonds is 3. The Hall–Kier alpha value is -0.120. The molecule has 0 aromatic heterocycles. The molecule has 0 aliphatic rings. The molecule has 3 heteroatoms. The van der Waals surface area contributed by atoms with Crippen LogP contribution in [0.15, 0.2) is 0 Å². The molecular weight excluding hydrogens is 126 g/mol. The number of nitrogens with zero attached hydrogens (tertiary/aromatic N) is 2. The minimum atomic E-state index is 0.120. The molecule has 2 unspecified atom stereocenters. The third kappa shape index (κ3) is 2.64. The lowest BCUT2D eigenvalue weighted by molar-refractivity contribution is 0.167. The third-order valence-electron chi connectivity index (χ3n) is 1.91.